The van der Waals surface area contributed by atoms with Gasteiger partial charge in [-0.3, -0.25) is 19.1 Å². The Bertz CT molecular complexity index is 2280. The van der Waals surface area contributed by atoms with E-state index < -0.39 is 45.1 Å². The fraction of sp³-hybridized carbons (Fsp3) is 0.417. The van der Waals surface area contributed by atoms with Crippen molar-refractivity contribution in [1.82, 2.24) is 33.4 Å². The number of aromatic nitrogens is 6. The summed E-state index contributed by atoms with van der Waals surface area (Å²) in [5.74, 6) is -1.11. The molecule has 0 aliphatic carbocycles. The molecule has 0 aliphatic heterocycles. The average molecular weight is 758 g/mol. The third kappa shape index (κ3) is 8.24. The normalized spacial score (nSPS) is 12.5. The van der Waals surface area contributed by atoms with Crippen molar-refractivity contribution < 1.29 is 41.0 Å². The molecule has 0 radical (unpaired) electrons. The highest BCUT2D eigenvalue weighted by Gasteiger charge is 2.39. The number of hydrogen-bond acceptors (Lipinski definition) is 8. The molecule has 13 nitrogen and oxygen atoms in total. The number of pyridine rings is 1. The Morgan fingerprint density at radius 3 is 2.26 bits per heavy atom. The van der Waals surface area contributed by atoms with Gasteiger partial charge < -0.3 is 9.84 Å². The van der Waals surface area contributed by atoms with Crippen molar-refractivity contribution in [2.75, 3.05) is 0 Å². The zero-order chi connectivity index (χ0) is 39.2. The number of hydrogen-bond donors (Lipinski definition) is 1. The Hall–Kier alpha value is -5.19. The number of ether oxygens (including phenoxy) is 1. The zero-order valence-electron chi connectivity index (χ0n) is 30.7. The number of amides is 1. The molecular formula is C36H42F3N7O6S. The summed E-state index contributed by atoms with van der Waals surface area (Å²) in [6, 6.07) is 7.30. The summed E-state index contributed by atoms with van der Waals surface area (Å²) in [4.78, 5) is 30.3. The number of carboxylic acids is 1. The van der Waals surface area contributed by atoms with Crippen LogP contribution in [-0.2, 0) is 45.9 Å². The Morgan fingerprint density at radius 2 is 1.68 bits per heavy atom. The number of carbonyl (C=O) groups is 2. The van der Waals surface area contributed by atoms with Crippen molar-refractivity contribution in [2.24, 2.45) is 7.05 Å². The van der Waals surface area contributed by atoms with Crippen LogP contribution in [0.4, 0.5) is 18.0 Å². The summed E-state index contributed by atoms with van der Waals surface area (Å²) < 4.78 is 81.0. The number of carbonyl (C=O) groups excluding carboxylic acids is 1. The van der Waals surface area contributed by atoms with Gasteiger partial charge >= 0.3 is 18.2 Å². The van der Waals surface area contributed by atoms with Gasteiger partial charge in [-0.15, -0.1) is 0 Å². The molecular weight excluding hydrogens is 715 g/mol. The molecule has 0 bridgehead atoms. The maximum Gasteiger partial charge on any atom is 0.435 e. The van der Waals surface area contributed by atoms with Crippen LogP contribution >= 0.6 is 0 Å². The number of carboxylic acid groups (broad SMARTS) is 1. The third-order valence-corrected chi connectivity index (χ3v) is 10.2. The third-order valence-electron chi connectivity index (χ3n) is 8.55. The van der Waals surface area contributed by atoms with Gasteiger partial charge in [-0.1, -0.05) is 17.7 Å². The van der Waals surface area contributed by atoms with Gasteiger partial charge in [-0.2, -0.15) is 23.4 Å². The molecule has 1 amide bonds. The topological polar surface area (TPSA) is 154 Å². The summed E-state index contributed by atoms with van der Waals surface area (Å²) in [5, 5.41) is 17.6. The van der Waals surface area contributed by atoms with Gasteiger partial charge in [0.25, 0.3) is 10.0 Å². The van der Waals surface area contributed by atoms with E-state index >= 15 is 0 Å². The maximum absolute atomic E-state index is 14.6. The summed E-state index contributed by atoms with van der Waals surface area (Å²) in [6.07, 6.45) is -2.11. The molecule has 4 aromatic heterocycles. The van der Waals surface area contributed by atoms with Crippen LogP contribution in [0.3, 0.4) is 0 Å². The largest absolute Gasteiger partial charge is 0.481 e. The molecule has 0 fully saturated rings. The summed E-state index contributed by atoms with van der Waals surface area (Å²) in [5.41, 5.74) is 0.216. The van der Waals surface area contributed by atoms with Crippen LogP contribution in [0.25, 0.3) is 33.3 Å². The van der Waals surface area contributed by atoms with Crippen molar-refractivity contribution in [3.05, 3.63) is 71.6 Å². The second kappa shape index (κ2) is 14.3. The Labute approximate surface area is 305 Å². The summed E-state index contributed by atoms with van der Waals surface area (Å²) in [6.45, 7) is 12.4. The number of aliphatic carboxylic acids is 1. The predicted octanol–water partition coefficient (Wildman–Crippen LogP) is 7.18. The van der Waals surface area contributed by atoms with Crippen LogP contribution in [0.1, 0.15) is 70.1 Å². The lowest BCUT2D eigenvalue weighted by molar-refractivity contribution is -0.141. The van der Waals surface area contributed by atoms with Crippen molar-refractivity contribution in [2.45, 2.75) is 97.1 Å². The second-order valence-corrected chi connectivity index (χ2v) is 15.9. The molecule has 0 aliphatic rings. The molecule has 17 heteroatoms. The molecule has 284 valence electrons. The fourth-order valence-corrected chi connectivity index (χ4v) is 7.20. The van der Waals surface area contributed by atoms with Gasteiger partial charge in [0.15, 0.2) is 11.3 Å². The van der Waals surface area contributed by atoms with Gasteiger partial charge in [0.1, 0.15) is 5.60 Å². The standard InChI is InChI=1S/C36H42F3N7O6S/c1-21(2)45(34(49)52-35(5,6)7)20-29-31(23(4)43(8)41-29)24-16-26-27(28-18-44(15-9-10-30(47)48)42-32(28)36(37,38)39)19-46(33(26)40-17-24)53(50,51)25-13-11-22(3)12-14-25/h11-14,16-19,21H,9-10,15,20H2,1-8H3,(H,47,48). The molecule has 1 aromatic carbocycles. The average Bonchev–Trinajstić information content (AvgIpc) is 3.72. The first-order chi connectivity index (χ1) is 24.6. The van der Waals surface area contributed by atoms with Gasteiger partial charge in [0.2, 0.25) is 0 Å². The molecule has 0 saturated heterocycles. The summed E-state index contributed by atoms with van der Waals surface area (Å²) >= 11 is 0. The van der Waals surface area contributed by atoms with E-state index in [9.17, 15) is 31.2 Å². The predicted molar refractivity (Wildman–Crippen MR) is 190 cm³/mol. The summed E-state index contributed by atoms with van der Waals surface area (Å²) in [7, 11) is -2.65. The smallest absolute Gasteiger partial charge is 0.435 e. The zero-order valence-corrected chi connectivity index (χ0v) is 31.5. The monoisotopic (exact) mass is 757 g/mol. The van der Waals surface area contributed by atoms with Gasteiger partial charge in [0.05, 0.1) is 17.1 Å². The number of benzene rings is 1. The number of alkyl halides is 3. The number of halogens is 3. The first-order valence-electron chi connectivity index (χ1n) is 16.8. The minimum Gasteiger partial charge on any atom is -0.481 e. The number of nitrogens with zero attached hydrogens (tertiary/aromatic N) is 7. The minimum absolute atomic E-state index is 0.0166. The highest BCUT2D eigenvalue weighted by atomic mass is 32.2. The lowest BCUT2D eigenvalue weighted by Gasteiger charge is -2.29. The SMILES string of the molecule is Cc1ccc(S(=O)(=O)n2cc(-c3cn(CCCC(=O)O)nc3C(F)(F)F)c3cc(-c4c(CN(C(=O)OC(C)(C)C)C(C)C)nn(C)c4C)cnc32)cc1. The van der Waals surface area contributed by atoms with E-state index in [1.165, 1.54) is 23.2 Å². The molecule has 5 aromatic rings. The molecule has 0 saturated carbocycles. The van der Waals surface area contributed by atoms with Crippen LogP contribution in [0.5, 0.6) is 0 Å². The van der Waals surface area contributed by atoms with Gasteiger partial charge in [-0.05, 0) is 73.1 Å². The van der Waals surface area contributed by atoms with Crippen LogP contribution in [-0.4, -0.2) is 70.6 Å². The van der Waals surface area contributed by atoms with E-state index in [0.717, 1.165) is 26.6 Å². The van der Waals surface area contributed by atoms with E-state index in [0.29, 0.717) is 22.5 Å². The molecule has 0 unspecified atom stereocenters. The quantitative estimate of drug-likeness (QED) is 0.148. The lowest BCUT2D eigenvalue weighted by Crippen LogP contribution is -2.40. The number of rotatable bonds is 11. The van der Waals surface area contributed by atoms with Crippen molar-refractivity contribution in [3.63, 3.8) is 0 Å². The molecule has 4 heterocycles. The van der Waals surface area contributed by atoms with E-state index in [1.54, 1.807) is 64.5 Å². The van der Waals surface area contributed by atoms with E-state index in [-0.39, 0.29) is 53.5 Å². The number of fused-ring (bicyclic) bond motifs is 1. The highest BCUT2D eigenvalue weighted by Crippen LogP contribution is 2.42. The van der Waals surface area contributed by atoms with E-state index in [4.69, 9.17) is 9.84 Å². The van der Waals surface area contributed by atoms with E-state index in [1.807, 2.05) is 13.8 Å². The second-order valence-electron chi connectivity index (χ2n) is 14.1. The van der Waals surface area contributed by atoms with Gasteiger partial charge in [0, 0.05) is 78.0 Å². The minimum atomic E-state index is -4.95. The van der Waals surface area contributed by atoms with Crippen LogP contribution in [0, 0.1) is 13.8 Å². The van der Waals surface area contributed by atoms with Crippen molar-refractivity contribution >= 4 is 33.1 Å². The fourth-order valence-electron chi connectivity index (χ4n) is 5.88. The molecule has 0 spiro atoms. The van der Waals surface area contributed by atoms with Crippen molar-refractivity contribution in [1.29, 1.82) is 0 Å². The van der Waals surface area contributed by atoms with E-state index in [2.05, 4.69) is 15.2 Å². The molecule has 5 rings (SSSR count). The first kappa shape index (κ1) is 39.0. The first-order valence-corrected chi connectivity index (χ1v) is 18.2. The van der Waals surface area contributed by atoms with Crippen molar-refractivity contribution in [3.8, 4) is 22.3 Å². The van der Waals surface area contributed by atoms with Crippen LogP contribution < -0.4 is 0 Å². The lowest BCUT2D eigenvalue weighted by atomic mass is 10.0. The maximum atomic E-state index is 14.6. The Balaban J connectivity index is 1.74. The highest BCUT2D eigenvalue weighted by molar-refractivity contribution is 7.90. The Morgan fingerprint density at radius 1 is 1.02 bits per heavy atom. The molecule has 1 N–H and O–H groups in total. The Kier molecular flexibility index (Phi) is 10.5. The molecule has 53 heavy (non-hydrogen) atoms. The van der Waals surface area contributed by atoms with Crippen LogP contribution in [0.2, 0.25) is 0 Å². The number of aryl methyl sites for hydroxylation is 3. The van der Waals surface area contributed by atoms with Gasteiger partial charge in [-0.25, -0.2) is 22.2 Å². The van der Waals surface area contributed by atoms with Crippen LogP contribution in [0.15, 0.2) is 53.8 Å². The molecule has 0 atom stereocenters.